The molecular weight excluding hydrogens is 606 g/mol. The Morgan fingerprint density at radius 2 is 1.91 bits per heavy atom. The molecule has 0 saturated carbocycles. The van der Waals surface area contributed by atoms with Crippen molar-refractivity contribution in [2.24, 2.45) is 0 Å². The zero-order valence-electron chi connectivity index (χ0n) is 25.6. The minimum atomic E-state index is -0.422. The number of anilines is 1. The van der Waals surface area contributed by atoms with Gasteiger partial charge in [-0.1, -0.05) is 41.9 Å². The molecule has 1 amide bonds. The number of nitriles is 1. The predicted molar refractivity (Wildman–Crippen MR) is 173 cm³/mol. The first kappa shape index (κ1) is 31.5. The van der Waals surface area contributed by atoms with Gasteiger partial charge in [0.05, 0.1) is 53.7 Å². The number of aliphatic hydroxyl groups is 2. The molecule has 0 radical (unpaired) electrons. The molecule has 1 fully saturated rings. The van der Waals surface area contributed by atoms with Gasteiger partial charge in [-0.3, -0.25) is 19.6 Å². The molecule has 2 aliphatic rings. The second kappa shape index (κ2) is 13.5. The van der Waals surface area contributed by atoms with Crippen LogP contribution in [0.4, 0.5) is 5.69 Å². The number of β-amino-alcohol motifs (C(OH)–C–C–N with tert-alkyl or cyclic N) is 2. The van der Waals surface area contributed by atoms with Crippen molar-refractivity contribution in [1.29, 1.82) is 5.26 Å². The van der Waals surface area contributed by atoms with E-state index in [1.165, 1.54) is 7.11 Å². The maximum atomic E-state index is 13.5. The van der Waals surface area contributed by atoms with Gasteiger partial charge in [-0.05, 0) is 36.6 Å². The average molecular weight is 640 g/mol. The van der Waals surface area contributed by atoms with Crippen LogP contribution < -0.4 is 10.1 Å². The zero-order chi connectivity index (χ0) is 32.4. The molecule has 0 atom stereocenters. The first-order valence-electron chi connectivity index (χ1n) is 15.1. The van der Waals surface area contributed by atoms with Gasteiger partial charge in [-0.2, -0.15) is 5.26 Å². The van der Waals surface area contributed by atoms with Crippen LogP contribution in [0.2, 0.25) is 5.02 Å². The Hall–Kier alpha value is -4.44. The molecule has 4 heterocycles. The monoisotopic (exact) mass is 639 g/mol. The highest BCUT2D eigenvalue weighted by molar-refractivity contribution is 6.36. The first-order valence-corrected chi connectivity index (χ1v) is 15.4. The lowest BCUT2D eigenvalue weighted by Gasteiger charge is -2.35. The Kier molecular flexibility index (Phi) is 9.26. The third-order valence-electron chi connectivity index (χ3n) is 8.44. The van der Waals surface area contributed by atoms with Crippen LogP contribution >= 0.6 is 11.6 Å². The number of nitrogens with zero attached hydrogens (tertiary/aromatic N) is 6. The van der Waals surface area contributed by atoms with E-state index in [1.54, 1.807) is 30.5 Å². The normalized spacial score (nSPS) is 15.1. The fourth-order valence-corrected chi connectivity index (χ4v) is 6.38. The lowest BCUT2D eigenvalue weighted by Crippen LogP contribution is -2.50. The Balaban J connectivity index is 1.28. The number of likely N-dealkylation sites (tertiary alicyclic amines) is 1. The number of carbonyl (C=O) groups is 1. The van der Waals surface area contributed by atoms with Crippen LogP contribution in [0.5, 0.6) is 5.88 Å². The number of methoxy groups -OCH3 is 1. The fraction of sp³-hybridized carbons (Fsp3) is 0.324. The lowest BCUT2D eigenvalue weighted by atomic mass is 9.96. The summed E-state index contributed by atoms with van der Waals surface area (Å²) in [5, 5.41) is 32.5. The van der Waals surface area contributed by atoms with Crippen LogP contribution in [-0.2, 0) is 19.5 Å². The number of carbonyl (C=O) groups excluding carboxylic acids is 1. The van der Waals surface area contributed by atoms with Crippen LogP contribution in [0.3, 0.4) is 0 Å². The van der Waals surface area contributed by atoms with Crippen molar-refractivity contribution < 1.29 is 19.7 Å². The van der Waals surface area contributed by atoms with Crippen LogP contribution in [0.25, 0.3) is 22.4 Å². The van der Waals surface area contributed by atoms with E-state index in [-0.39, 0.29) is 24.0 Å². The van der Waals surface area contributed by atoms with Gasteiger partial charge in [-0.15, -0.1) is 0 Å². The SMILES string of the molecule is COc1nc(-c2cccc(-c3cccc(NC(=O)c4cc(C)c5c(n4)CN(CCO)CC5)c3C#N)c2Cl)cnc1CN1CC(O)C1. The summed E-state index contributed by atoms with van der Waals surface area (Å²) in [4.78, 5) is 31.6. The molecule has 46 heavy (non-hydrogen) atoms. The molecule has 0 bridgehead atoms. The maximum Gasteiger partial charge on any atom is 0.274 e. The molecule has 0 spiro atoms. The minimum Gasteiger partial charge on any atom is -0.480 e. The maximum absolute atomic E-state index is 13.5. The van der Waals surface area contributed by atoms with Gasteiger partial charge in [0, 0.05) is 56.0 Å². The van der Waals surface area contributed by atoms with Gasteiger partial charge >= 0.3 is 0 Å². The highest BCUT2D eigenvalue weighted by Crippen LogP contribution is 2.39. The summed E-state index contributed by atoms with van der Waals surface area (Å²) in [7, 11) is 1.53. The van der Waals surface area contributed by atoms with Crippen molar-refractivity contribution in [2.45, 2.75) is 32.5 Å². The number of hydrogen-bond acceptors (Lipinski definition) is 10. The number of hydrogen-bond donors (Lipinski definition) is 3. The molecule has 11 nitrogen and oxygen atoms in total. The van der Waals surface area contributed by atoms with E-state index in [4.69, 9.17) is 16.3 Å². The van der Waals surface area contributed by atoms with E-state index in [9.17, 15) is 20.3 Å². The number of aryl methyl sites for hydroxylation is 1. The number of halogens is 1. The number of amides is 1. The first-order chi connectivity index (χ1) is 22.3. The highest BCUT2D eigenvalue weighted by Gasteiger charge is 2.27. The Morgan fingerprint density at radius 1 is 1.15 bits per heavy atom. The van der Waals surface area contributed by atoms with Crippen molar-refractivity contribution in [2.75, 3.05) is 45.2 Å². The summed E-state index contributed by atoms with van der Waals surface area (Å²) in [6.45, 7) is 5.65. The zero-order valence-corrected chi connectivity index (χ0v) is 26.4. The molecule has 2 aromatic heterocycles. The number of ether oxygens (including phenoxy) is 1. The summed E-state index contributed by atoms with van der Waals surface area (Å²) >= 11 is 6.98. The van der Waals surface area contributed by atoms with Crippen LogP contribution in [-0.4, -0.2) is 86.9 Å². The number of benzene rings is 2. The van der Waals surface area contributed by atoms with Crippen molar-refractivity contribution >= 4 is 23.2 Å². The third-order valence-corrected chi connectivity index (χ3v) is 8.85. The van der Waals surface area contributed by atoms with Crippen LogP contribution in [0.15, 0.2) is 48.7 Å². The number of aliphatic hydroxyl groups excluding tert-OH is 2. The second-order valence-corrected chi connectivity index (χ2v) is 11.9. The molecule has 4 aromatic rings. The Labute approximate surface area is 272 Å². The summed E-state index contributed by atoms with van der Waals surface area (Å²) in [6.07, 6.45) is 2.12. The molecular formula is C34H34ClN7O4. The number of nitrogens with one attached hydrogen (secondary N) is 1. The van der Waals surface area contributed by atoms with E-state index in [0.29, 0.717) is 77.4 Å². The minimum absolute atomic E-state index is 0.0634. The van der Waals surface area contributed by atoms with E-state index in [2.05, 4.69) is 36.1 Å². The molecule has 2 aromatic carbocycles. The second-order valence-electron chi connectivity index (χ2n) is 11.5. The largest absolute Gasteiger partial charge is 0.480 e. The summed E-state index contributed by atoms with van der Waals surface area (Å²) in [5.41, 5.74) is 6.73. The van der Waals surface area contributed by atoms with Crippen molar-refractivity contribution in [3.05, 3.63) is 87.5 Å². The van der Waals surface area contributed by atoms with Crippen LogP contribution in [0.1, 0.15) is 38.6 Å². The Morgan fingerprint density at radius 3 is 2.65 bits per heavy atom. The number of pyridine rings is 1. The lowest BCUT2D eigenvalue weighted by molar-refractivity contribution is -0.00403. The van der Waals surface area contributed by atoms with Gasteiger partial charge in [0.1, 0.15) is 17.5 Å². The smallest absolute Gasteiger partial charge is 0.274 e. The number of fused-ring (bicyclic) bond motifs is 1. The Bertz CT molecular complexity index is 1840. The van der Waals surface area contributed by atoms with E-state index >= 15 is 0 Å². The van der Waals surface area contributed by atoms with E-state index in [0.717, 1.165) is 29.8 Å². The summed E-state index contributed by atoms with van der Waals surface area (Å²) < 4.78 is 5.53. The third kappa shape index (κ3) is 6.31. The van der Waals surface area contributed by atoms with Gasteiger partial charge in [0.15, 0.2) is 0 Å². The van der Waals surface area contributed by atoms with Gasteiger partial charge in [-0.25, -0.2) is 9.97 Å². The van der Waals surface area contributed by atoms with E-state index < -0.39 is 5.91 Å². The molecule has 236 valence electrons. The molecule has 3 N–H and O–H groups in total. The molecule has 6 rings (SSSR count). The number of aromatic nitrogens is 3. The highest BCUT2D eigenvalue weighted by atomic mass is 35.5. The topological polar surface area (TPSA) is 148 Å². The summed E-state index contributed by atoms with van der Waals surface area (Å²) in [5.74, 6) is -0.0520. The van der Waals surface area contributed by atoms with Gasteiger partial charge in [0.2, 0.25) is 5.88 Å². The molecule has 12 heteroatoms. The average Bonchev–Trinajstić information content (AvgIpc) is 3.04. The molecule has 0 aliphatic carbocycles. The van der Waals surface area contributed by atoms with E-state index in [1.807, 2.05) is 25.1 Å². The van der Waals surface area contributed by atoms with Gasteiger partial charge in [0.25, 0.3) is 5.91 Å². The molecule has 0 unspecified atom stereocenters. The number of rotatable bonds is 9. The standard InChI is InChI=1S/C34H34ClN7O4/c1-20-13-28(38-30-18-41(11-12-43)10-9-22(20)30)33(45)39-27-8-4-5-23(26(27)14-36)24-6-3-7-25(32(24)35)29-15-37-31(34(40-29)46-2)19-42-16-21(44)17-42/h3-8,13,15,21,43-44H,9-12,16-19H2,1-2H3,(H,39,45). The quantitative estimate of drug-likeness (QED) is 0.247. The van der Waals surface area contributed by atoms with Crippen molar-refractivity contribution in [3.63, 3.8) is 0 Å². The summed E-state index contributed by atoms with van der Waals surface area (Å²) in [6, 6.07) is 14.7. The fourth-order valence-electron chi connectivity index (χ4n) is 6.05. The van der Waals surface area contributed by atoms with Crippen molar-refractivity contribution in [3.8, 4) is 34.3 Å². The predicted octanol–water partition coefficient (Wildman–Crippen LogP) is 3.83. The van der Waals surface area contributed by atoms with Gasteiger partial charge < -0.3 is 20.3 Å². The van der Waals surface area contributed by atoms with Crippen LogP contribution in [0, 0.1) is 18.3 Å². The molecule has 2 aliphatic heterocycles. The van der Waals surface area contributed by atoms with Crippen molar-refractivity contribution in [1.82, 2.24) is 24.8 Å². The molecule has 1 saturated heterocycles.